The first-order valence-corrected chi connectivity index (χ1v) is 14.0. The van der Waals surface area contributed by atoms with Crippen molar-refractivity contribution in [3.8, 4) is 11.4 Å². The molecule has 8 nitrogen and oxygen atoms in total. The Morgan fingerprint density at radius 3 is 2.79 bits per heavy atom. The van der Waals surface area contributed by atoms with Crippen LogP contribution in [0.4, 0.5) is 10.2 Å². The Morgan fingerprint density at radius 2 is 2.05 bits per heavy atom. The normalized spacial score (nSPS) is 19.9. The number of nitrogens with zero attached hydrogens (tertiary/aromatic N) is 4. The van der Waals surface area contributed by atoms with Crippen molar-refractivity contribution in [2.45, 2.75) is 55.6 Å². The highest BCUT2D eigenvalue weighted by Gasteiger charge is 2.34. The molecule has 0 bridgehead atoms. The number of aromatic nitrogens is 4. The van der Waals surface area contributed by atoms with Crippen LogP contribution < -0.4 is 5.32 Å². The number of nitrogens with one attached hydrogen (secondary N) is 1. The SMILES string of the molecule is C=CC[C@]1(O)CCC[C@H](Nc2nc(-c3cn(S(=O)(=O)c4ccc(C)cc4)c4ncc(Cl)cc34)ncc2F)C1. The van der Waals surface area contributed by atoms with E-state index in [1.807, 2.05) is 6.92 Å². The summed E-state index contributed by atoms with van der Waals surface area (Å²) in [4.78, 5) is 12.9. The van der Waals surface area contributed by atoms with E-state index in [2.05, 4.69) is 26.8 Å². The lowest BCUT2D eigenvalue weighted by Gasteiger charge is -2.36. The molecule has 3 heterocycles. The summed E-state index contributed by atoms with van der Waals surface area (Å²) in [5.41, 5.74) is 0.506. The summed E-state index contributed by atoms with van der Waals surface area (Å²) in [5, 5.41) is 14.7. The summed E-state index contributed by atoms with van der Waals surface area (Å²) in [5.74, 6) is -0.572. The number of benzene rings is 1. The molecule has 0 amide bonds. The van der Waals surface area contributed by atoms with E-state index in [9.17, 15) is 17.9 Å². The fourth-order valence-corrected chi connectivity index (χ4v) is 6.43. The Labute approximate surface area is 225 Å². The number of hydrogen-bond acceptors (Lipinski definition) is 7. The molecule has 2 N–H and O–H groups in total. The van der Waals surface area contributed by atoms with Crippen LogP contribution in [-0.2, 0) is 10.0 Å². The maximum absolute atomic E-state index is 14.8. The number of rotatable bonds is 7. The summed E-state index contributed by atoms with van der Waals surface area (Å²) >= 11 is 6.21. The van der Waals surface area contributed by atoms with Crippen molar-refractivity contribution >= 4 is 38.5 Å². The molecule has 3 aromatic heterocycles. The predicted molar refractivity (Wildman–Crippen MR) is 145 cm³/mol. The van der Waals surface area contributed by atoms with Crippen LogP contribution in [0.3, 0.4) is 0 Å². The van der Waals surface area contributed by atoms with E-state index >= 15 is 0 Å². The smallest absolute Gasteiger partial charge is 0.269 e. The number of halogens is 2. The van der Waals surface area contributed by atoms with Crippen LogP contribution in [0.25, 0.3) is 22.4 Å². The van der Waals surface area contributed by atoms with Gasteiger partial charge in [-0.15, -0.1) is 6.58 Å². The van der Waals surface area contributed by atoms with Gasteiger partial charge in [-0.25, -0.2) is 31.7 Å². The Bertz CT molecular complexity index is 1620. The van der Waals surface area contributed by atoms with Crippen LogP contribution in [-0.4, -0.2) is 44.1 Å². The van der Waals surface area contributed by atoms with Crippen molar-refractivity contribution in [1.82, 2.24) is 18.9 Å². The summed E-state index contributed by atoms with van der Waals surface area (Å²) in [7, 11) is -4.01. The highest BCUT2D eigenvalue weighted by Crippen LogP contribution is 2.35. The van der Waals surface area contributed by atoms with Gasteiger partial charge in [0.05, 0.1) is 21.7 Å². The number of anilines is 1. The third kappa shape index (κ3) is 5.03. The van der Waals surface area contributed by atoms with E-state index in [1.165, 1.54) is 24.5 Å². The zero-order chi connectivity index (χ0) is 27.1. The Morgan fingerprint density at radius 1 is 1.29 bits per heavy atom. The predicted octanol–water partition coefficient (Wildman–Crippen LogP) is 5.49. The van der Waals surface area contributed by atoms with Crippen LogP contribution in [0.1, 0.15) is 37.7 Å². The van der Waals surface area contributed by atoms with Crippen LogP contribution in [0.5, 0.6) is 0 Å². The largest absolute Gasteiger partial charge is 0.389 e. The van der Waals surface area contributed by atoms with Gasteiger partial charge >= 0.3 is 0 Å². The lowest BCUT2D eigenvalue weighted by molar-refractivity contribution is 0.00294. The Kier molecular flexibility index (Phi) is 6.97. The van der Waals surface area contributed by atoms with Gasteiger partial charge in [-0.05, 0) is 57.2 Å². The average Bonchev–Trinajstić information content (AvgIpc) is 3.25. The van der Waals surface area contributed by atoms with Gasteiger partial charge in [0.1, 0.15) is 0 Å². The van der Waals surface area contributed by atoms with E-state index in [1.54, 1.807) is 24.3 Å². The molecule has 4 aromatic rings. The first-order valence-electron chi connectivity index (χ1n) is 12.2. The van der Waals surface area contributed by atoms with E-state index in [4.69, 9.17) is 11.6 Å². The molecule has 0 saturated heterocycles. The Hall–Kier alpha value is -3.34. The lowest BCUT2D eigenvalue weighted by atomic mass is 9.80. The molecular weight excluding hydrogens is 529 g/mol. The molecule has 1 fully saturated rings. The van der Waals surface area contributed by atoms with E-state index in [0.29, 0.717) is 35.2 Å². The first kappa shape index (κ1) is 26.3. The molecule has 198 valence electrons. The first-order chi connectivity index (χ1) is 18.1. The van der Waals surface area contributed by atoms with Crippen molar-refractivity contribution in [3.63, 3.8) is 0 Å². The molecule has 1 aliphatic rings. The second-order valence-electron chi connectivity index (χ2n) is 9.73. The van der Waals surface area contributed by atoms with E-state index in [-0.39, 0.29) is 28.2 Å². The number of fused-ring (bicyclic) bond motifs is 1. The average molecular weight is 556 g/mol. The summed E-state index contributed by atoms with van der Waals surface area (Å²) < 4.78 is 42.9. The molecular formula is C27H27ClFN5O3S. The van der Waals surface area contributed by atoms with Gasteiger partial charge in [-0.3, -0.25) is 0 Å². The van der Waals surface area contributed by atoms with Gasteiger partial charge in [0.2, 0.25) is 0 Å². The monoisotopic (exact) mass is 555 g/mol. The van der Waals surface area contributed by atoms with Crippen molar-refractivity contribution in [3.05, 3.63) is 78.0 Å². The van der Waals surface area contributed by atoms with Crippen LogP contribution in [0, 0.1) is 12.7 Å². The molecule has 5 rings (SSSR count). The maximum atomic E-state index is 14.8. The molecule has 1 aromatic carbocycles. The Balaban J connectivity index is 1.56. The van der Waals surface area contributed by atoms with E-state index < -0.39 is 21.4 Å². The lowest BCUT2D eigenvalue weighted by Crippen LogP contribution is -2.40. The second-order valence-corrected chi connectivity index (χ2v) is 12.0. The minimum absolute atomic E-state index is 0.0277. The van der Waals surface area contributed by atoms with Crippen LogP contribution in [0.2, 0.25) is 5.02 Å². The van der Waals surface area contributed by atoms with Gasteiger partial charge in [-0.1, -0.05) is 35.4 Å². The van der Waals surface area contributed by atoms with Gasteiger partial charge < -0.3 is 10.4 Å². The van der Waals surface area contributed by atoms with Crippen LogP contribution in [0.15, 0.2) is 66.5 Å². The molecule has 1 aliphatic carbocycles. The zero-order valence-corrected chi connectivity index (χ0v) is 22.3. The summed E-state index contributed by atoms with van der Waals surface area (Å²) in [6, 6.07) is 7.86. The van der Waals surface area contributed by atoms with E-state index in [0.717, 1.165) is 28.6 Å². The minimum atomic E-state index is -4.01. The second kappa shape index (κ2) is 10.1. The quantitative estimate of drug-likeness (QED) is 0.290. The number of aryl methyl sites for hydroxylation is 1. The molecule has 0 unspecified atom stereocenters. The van der Waals surface area contributed by atoms with Gasteiger partial charge in [0.15, 0.2) is 23.1 Å². The topological polar surface area (TPSA) is 110 Å². The zero-order valence-electron chi connectivity index (χ0n) is 20.7. The van der Waals surface area contributed by atoms with Gasteiger partial charge in [0, 0.05) is 29.4 Å². The molecule has 0 spiro atoms. The minimum Gasteiger partial charge on any atom is -0.389 e. The summed E-state index contributed by atoms with van der Waals surface area (Å²) in [6.45, 7) is 5.59. The van der Waals surface area contributed by atoms with Gasteiger partial charge in [-0.2, -0.15) is 0 Å². The highest BCUT2D eigenvalue weighted by molar-refractivity contribution is 7.90. The molecule has 11 heteroatoms. The number of pyridine rings is 1. The molecule has 38 heavy (non-hydrogen) atoms. The van der Waals surface area contributed by atoms with Crippen molar-refractivity contribution in [2.24, 2.45) is 0 Å². The number of aliphatic hydroxyl groups is 1. The van der Waals surface area contributed by atoms with Crippen LogP contribution >= 0.6 is 11.6 Å². The number of hydrogen-bond donors (Lipinski definition) is 2. The molecule has 2 atom stereocenters. The van der Waals surface area contributed by atoms with Gasteiger partial charge in [0.25, 0.3) is 10.0 Å². The standard InChI is InChI=1S/C27H27ClFN5O3S/c1-3-10-27(35)11-4-5-19(13-27)32-25-23(29)15-30-24(33-25)22-16-34(26-21(22)12-18(28)14-31-26)38(36,37)20-8-6-17(2)7-9-20/h3,6-9,12,14-16,19,35H,1,4-5,10-11,13H2,2H3,(H,30,32,33)/t19-,27-/m0/s1. The fraction of sp³-hybridized carbons (Fsp3) is 0.296. The van der Waals surface area contributed by atoms with Crippen molar-refractivity contribution in [2.75, 3.05) is 5.32 Å². The molecule has 1 saturated carbocycles. The fourth-order valence-electron chi connectivity index (χ4n) is 4.95. The third-order valence-corrected chi connectivity index (χ3v) is 8.70. The maximum Gasteiger partial charge on any atom is 0.269 e. The van der Waals surface area contributed by atoms with Crippen molar-refractivity contribution < 1.29 is 17.9 Å². The third-order valence-electron chi connectivity index (χ3n) is 6.83. The summed E-state index contributed by atoms with van der Waals surface area (Å²) in [6.07, 6.45) is 8.51. The highest BCUT2D eigenvalue weighted by atomic mass is 35.5. The molecule has 0 radical (unpaired) electrons. The molecule has 0 aliphatic heterocycles. The van der Waals surface area contributed by atoms with Crippen molar-refractivity contribution in [1.29, 1.82) is 0 Å².